The lowest BCUT2D eigenvalue weighted by Crippen LogP contribution is -2.35. The average Bonchev–Trinajstić information content (AvgIpc) is 2.99. The molecular formula is C17H25N3O. The predicted octanol–water partition coefficient (Wildman–Crippen LogP) is 3.17. The number of nitrogens with zero attached hydrogens (tertiary/aromatic N) is 2. The summed E-state index contributed by atoms with van der Waals surface area (Å²) in [7, 11) is 1.76. The van der Waals surface area contributed by atoms with E-state index in [1.165, 1.54) is 5.56 Å². The predicted molar refractivity (Wildman–Crippen MR) is 85.6 cm³/mol. The summed E-state index contributed by atoms with van der Waals surface area (Å²) in [5, 5.41) is 7.81. The van der Waals surface area contributed by atoms with Crippen LogP contribution < -0.4 is 5.32 Å². The zero-order valence-electron chi connectivity index (χ0n) is 13.3. The largest absolute Gasteiger partial charge is 0.379 e. The zero-order valence-corrected chi connectivity index (χ0v) is 13.3. The second-order valence-corrected chi connectivity index (χ2v) is 6.07. The Labute approximate surface area is 127 Å². The number of ether oxygens (including phenoxy) is 1. The molecule has 0 spiro atoms. The monoisotopic (exact) mass is 287 g/mol. The molecule has 0 saturated heterocycles. The van der Waals surface area contributed by atoms with Crippen molar-refractivity contribution in [3.05, 3.63) is 48.3 Å². The molecule has 4 nitrogen and oxygen atoms in total. The number of aromatic nitrogens is 2. The Morgan fingerprint density at radius 3 is 2.81 bits per heavy atom. The normalized spacial score (nSPS) is 13.3. The Bertz CT molecular complexity index is 549. The van der Waals surface area contributed by atoms with Crippen LogP contribution in [-0.4, -0.2) is 28.5 Å². The van der Waals surface area contributed by atoms with Crippen molar-refractivity contribution >= 4 is 0 Å². The van der Waals surface area contributed by atoms with Crippen molar-refractivity contribution in [3.63, 3.8) is 0 Å². The van der Waals surface area contributed by atoms with Crippen molar-refractivity contribution < 1.29 is 4.74 Å². The first kappa shape index (κ1) is 15.7. The van der Waals surface area contributed by atoms with E-state index < -0.39 is 0 Å². The van der Waals surface area contributed by atoms with E-state index in [1.807, 2.05) is 16.9 Å². The fraction of sp³-hybridized carbons (Fsp3) is 0.471. The SMILES string of the molecule is COC(C)(C)C[C@H](C)NCc1cccc(-n2cccn2)c1. The maximum atomic E-state index is 5.48. The number of hydrogen-bond donors (Lipinski definition) is 1. The zero-order chi connectivity index (χ0) is 15.3. The van der Waals surface area contributed by atoms with E-state index in [-0.39, 0.29) is 5.60 Å². The molecule has 4 heteroatoms. The van der Waals surface area contributed by atoms with Crippen LogP contribution in [0.4, 0.5) is 0 Å². The first-order valence-electron chi connectivity index (χ1n) is 7.38. The minimum atomic E-state index is -0.0939. The minimum Gasteiger partial charge on any atom is -0.379 e. The van der Waals surface area contributed by atoms with Crippen LogP contribution in [0.1, 0.15) is 32.8 Å². The smallest absolute Gasteiger partial charge is 0.0648 e. The average molecular weight is 287 g/mol. The van der Waals surface area contributed by atoms with Gasteiger partial charge >= 0.3 is 0 Å². The fourth-order valence-corrected chi connectivity index (χ4v) is 2.42. The number of rotatable bonds is 7. The molecule has 0 unspecified atom stereocenters. The van der Waals surface area contributed by atoms with E-state index in [0.29, 0.717) is 6.04 Å². The quantitative estimate of drug-likeness (QED) is 0.850. The third kappa shape index (κ3) is 4.69. The number of benzene rings is 1. The minimum absolute atomic E-state index is 0.0939. The van der Waals surface area contributed by atoms with E-state index in [9.17, 15) is 0 Å². The van der Waals surface area contributed by atoms with Gasteiger partial charge in [0.15, 0.2) is 0 Å². The van der Waals surface area contributed by atoms with Crippen molar-refractivity contribution in [3.8, 4) is 5.69 Å². The first-order valence-corrected chi connectivity index (χ1v) is 7.38. The molecule has 0 fully saturated rings. The topological polar surface area (TPSA) is 39.1 Å². The molecule has 21 heavy (non-hydrogen) atoms. The number of nitrogens with one attached hydrogen (secondary N) is 1. The van der Waals surface area contributed by atoms with Crippen LogP contribution in [0, 0.1) is 0 Å². The molecule has 0 aliphatic rings. The Balaban J connectivity index is 1.93. The molecular weight excluding hydrogens is 262 g/mol. The Kier molecular flexibility index (Phi) is 5.15. The highest BCUT2D eigenvalue weighted by molar-refractivity contribution is 5.34. The van der Waals surface area contributed by atoms with Gasteiger partial charge in [-0.05, 0) is 51.0 Å². The summed E-state index contributed by atoms with van der Waals surface area (Å²) in [5.41, 5.74) is 2.25. The maximum Gasteiger partial charge on any atom is 0.0648 e. The van der Waals surface area contributed by atoms with Gasteiger partial charge in [-0.25, -0.2) is 4.68 Å². The summed E-state index contributed by atoms with van der Waals surface area (Å²) in [6.07, 6.45) is 4.72. The van der Waals surface area contributed by atoms with Crippen LogP contribution in [0.25, 0.3) is 5.69 Å². The molecule has 2 rings (SSSR count). The van der Waals surface area contributed by atoms with Gasteiger partial charge in [0.25, 0.3) is 0 Å². The molecule has 1 heterocycles. The lowest BCUT2D eigenvalue weighted by Gasteiger charge is -2.27. The van der Waals surface area contributed by atoms with E-state index in [1.54, 1.807) is 13.3 Å². The Morgan fingerprint density at radius 2 is 2.14 bits per heavy atom. The van der Waals surface area contributed by atoms with Crippen molar-refractivity contribution in [1.82, 2.24) is 15.1 Å². The van der Waals surface area contributed by atoms with Crippen LogP contribution in [0.5, 0.6) is 0 Å². The summed E-state index contributed by atoms with van der Waals surface area (Å²) in [5.74, 6) is 0. The summed E-state index contributed by atoms with van der Waals surface area (Å²) < 4.78 is 7.35. The molecule has 0 saturated carbocycles. The molecule has 2 aromatic rings. The van der Waals surface area contributed by atoms with E-state index in [4.69, 9.17) is 4.74 Å². The van der Waals surface area contributed by atoms with Crippen LogP contribution in [0.15, 0.2) is 42.7 Å². The maximum absolute atomic E-state index is 5.48. The van der Waals surface area contributed by atoms with E-state index >= 15 is 0 Å². The van der Waals surface area contributed by atoms with Crippen LogP contribution in [-0.2, 0) is 11.3 Å². The van der Waals surface area contributed by atoms with Gasteiger partial charge in [-0.1, -0.05) is 12.1 Å². The Morgan fingerprint density at radius 1 is 1.33 bits per heavy atom. The fourth-order valence-electron chi connectivity index (χ4n) is 2.42. The van der Waals surface area contributed by atoms with E-state index in [2.05, 4.69) is 55.5 Å². The van der Waals surface area contributed by atoms with Crippen molar-refractivity contribution in [2.75, 3.05) is 7.11 Å². The summed E-state index contributed by atoms with van der Waals surface area (Å²) >= 11 is 0. The molecule has 1 atom stereocenters. The lowest BCUT2D eigenvalue weighted by molar-refractivity contribution is 0.00844. The molecule has 1 N–H and O–H groups in total. The van der Waals surface area contributed by atoms with Crippen LogP contribution in [0.2, 0.25) is 0 Å². The highest BCUT2D eigenvalue weighted by Crippen LogP contribution is 2.16. The van der Waals surface area contributed by atoms with Gasteiger partial charge in [-0.3, -0.25) is 0 Å². The highest BCUT2D eigenvalue weighted by atomic mass is 16.5. The van der Waals surface area contributed by atoms with Crippen LogP contribution >= 0.6 is 0 Å². The number of hydrogen-bond acceptors (Lipinski definition) is 3. The van der Waals surface area contributed by atoms with Crippen molar-refractivity contribution in [1.29, 1.82) is 0 Å². The van der Waals surface area contributed by atoms with Crippen molar-refractivity contribution in [2.45, 2.75) is 45.4 Å². The molecule has 1 aromatic carbocycles. The molecule has 1 aromatic heterocycles. The highest BCUT2D eigenvalue weighted by Gasteiger charge is 2.19. The third-order valence-electron chi connectivity index (χ3n) is 3.68. The standard InChI is InChI=1S/C17H25N3O/c1-14(12-17(2,3)21-4)18-13-15-7-5-8-16(11-15)20-10-6-9-19-20/h5-11,14,18H,12-13H2,1-4H3/t14-/m0/s1. The van der Waals surface area contributed by atoms with Gasteiger partial charge in [0.1, 0.15) is 0 Å². The van der Waals surface area contributed by atoms with Gasteiger partial charge in [0.2, 0.25) is 0 Å². The molecule has 0 aliphatic heterocycles. The van der Waals surface area contributed by atoms with Gasteiger partial charge in [0.05, 0.1) is 11.3 Å². The lowest BCUT2D eigenvalue weighted by atomic mass is 9.99. The molecule has 0 amide bonds. The Hall–Kier alpha value is -1.65. The van der Waals surface area contributed by atoms with Crippen LogP contribution in [0.3, 0.4) is 0 Å². The summed E-state index contributed by atoms with van der Waals surface area (Å²) in [6.45, 7) is 7.27. The second kappa shape index (κ2) is 6.87. The third-order valence-corrected chi connectivity index (χ3v) is 3.68. The van der Waals surface area contributed by atoms with Crippen molar-refractivity contribution in [2.24, 2.45) is 0 Å². The number of methoxy groups -OCH3 is 1. The molecule has 0 radical (unpaired) electrons. The second-order valence-electron chi connectivity index (χ2n) is 6.07. The molecule has 0 aliphatic carbocycles. The molecule has 0 bridgehead atoms. The van der Waals surface area contributed by atoms with Gasteiger partial charge in [-0.2, -0.15) is 5.10 Å². The van der Waals surface area contributed by atoms with Gasteiger partial charge in [0, 0.05) is 32.1 Å². The summed E-state index contributed by atoms with van der Waals surface area (Å²) in [4.78, 5) is 0. The molecule has 114 valence electrons. The van der Waals surface area contributed by atoms with E-state index in [0.717, 1.165) is 18.7 Å². The first-order chi connectivity index (χ1) is 10.00. The van der Waals surface area contributed by atoms with Gasteiger partial charge < -0.3 is 10.1 Å². The summed E-state index contributed by atoms with van der Waals surface area (Å²) in [6, 6.07) is 10.8. The van der Waals surface area contributed by atoms with Gasteiger partial charge in [-0.15, -0.1) is 0 Å².